The number of hydrogen-bond donors (Lipinski definition) is 1. The van der Waals surface area contributed by atoms with Gasteiger partial charge in [-0.15, -0.1) is 0 Å². The van der Waals surface area contributed by atoms with Crippen LogP contribution in [0, 0.1) is 0 Å². The molecule has 4 nitrogen and oxygen atoms in total. The van der Waals surface area contributed by atoms with Crippen LogP contribution in [0.15, 0.2) is 18.2 Å². The van der Waals surface area contributed by atoms with E-state index in [0.717, 1.165) is 31.0 Å². The van der Waals surface area contributed by atoms with Gasteiger partial charge in [-0.25, -0.2) is 0 Å². The molecule has 19 heavy (non-hydrogen) atoms. The van der Waals surface area contributed by atoms with Crippen molar-refractivity contribution in [1.29, 1.82) is 0 Å². The van der Waals surface area contributed by atoms with Crippen molar-refractivity contribution in [2.45, 2.75) is 19.4 Å². The molecular weight excluding hydrogens is 240 g/mol. The van der Waals surface area contributed by atoms with Gasteiger partial charge in [0, 0.05) is 17.7 Å². The molecule has 0 aliphatic heterocycles. The molecule has 0 bridgehead atoms. The van der Waals surface area contributed by atoms with Crippen LogP contribution >= 0.6 is 0 Å². The van der Waals surface area contributed by atoms with E-state index in [4.69, 9.17) is 9.47 Å². The van der Waals surface area contributed by atoms with E-state index in [1.54, 1.807) is 14.2 Å². The molecule has 0 aliphatic carbocycles. The van der Waals surface area contributed by atoms with E-state index in [-0.39, 0.29) is 0 Å². The van der Waals surface area contributed by atoms with Gasteiger partial charge in [0.15, 0.2) is 0 Å². The topological polar surface area (TPSA) is 33.7 Å². The van der Waals surface area contributed by atoms with Crippen LogP contribution in [-0.2, 0) is 0 Å². The molecule has 4 heteroatoms. The summed E-state index contributed by atoms with van der Waals surface area (Å²) < 4.78 is 10.7. The monoisotopic (exact) mass is 266 g/mol. The molecule has 1 rings (SSSR count). The largest absolute Gasteiger partial charge is 0.497 e. The predicted octanol–water partition coefficient (Wildman–Crippen LogP) is 2.31. The Labute approximate surface area is 116 Å². The molecule has 1 unspecified atom stereocenters. The third kappa shape index (κ3) is 4.73. The van der Waals surface area contributed by atoms with Gasteiger partial charge in [0.05, 0.1) is 14.2 Å². The highest BCUT2D eigenvalue weighted by Gasteiger charge is 2.16. The van der Waals surface area contributed by atoms with E-state index < -0.39 is 0 Å². The lowest BCUT2D eigenvalue weighted by atomic mass is 10.0. The average Bonchev–Trinajstić information content (AvgIpc) is 2.42. The molecule has 0 spiro atoms. The van der Waals surface area contributed by atoms with Crippen molar-refractivity contribution in [1.82, 2.24) is 10.2 Å². The maximum Gasteiger partial charge on any atom is 0.127 e. The van der Waals surface area contributed by atoms with Crippen molar-refractivity contribution in [2.24, 2.45) is 0 Å². The van der Waals surface area contributed by atoms with Crippen LogP contribution in [0.25, 0.3) is 0 Å². The van der Waals surface area contributed by atoms with Gasteiger partial charge in [0.2, 0.25) is 0 Å². The Hall–Kier alpha value is -1.26. The first-order valence-corrected chi connectivity index (χ1v) is 6.72. The molecule has 1 aromatic rings. The smallest absolute Gasteiger partial charge is 0.127 e. The average molecular weight is 266 g/mol. The summed E-state index contributed by atoms with van der Waals surface area (Å²) in [7, 11) is 7.55. The Morgan fingerprint density at radius 1 is 1.21 bits per heavy atom. The van der Waals surface area contributed by atoms with E-state index in [1.807, 2.05) is 12.1 Å². The standard InChI is InChI=1S/C15H26N2O2/c1-6-16-14(9-10-17(2)3)13-8-7-12(18-4)11-15(13)19-5/h7-8,11,14,16H,6,9-10H2,1-5H3. The summed E-state index contributed by atoms with van der Waals surface area (Å²) >= 11 is 0. The number of hydrogen-bond acceptors (Lipinski definition) is 4. The Kier molecular flexibility index (Phi) is 6.67. The zero-order chi connectivity index (χ0) is 14.3. The van der Waals surface area contributed by atoms with Crippen LogP contribution in [0.4, 0.5) is 0 Å². The number of nitrogens with zero attached hydrogens (tertiary/aromatic N) is 1. The molecule has 108 valence electrons. The third-order valence-corrected chi connectivity index (χ3v) is 3.13. The number of nitrogens with one attached hydrogen (secondary N) is 1. The fourth-order valence-electron chi connectivity index (χ4n) is 2.11. The minimum Gasteiger partial charge on any atom is -0.497 e. The summed E-state index contributed by atoms with van der Waals surface area (Å²) in [6.07, 6.45) is 1.05. The Morgan fingerprint density at radius 3 is 2.47 bits per heavy atom. The van der Waals surface area contributed by atoms with E-state index in [2.05, 4.69) is 37.3 Å². The number of benzene rings is 1. The van der Waals surface area contributed by atoms with E-state index >= 15 is 0 Å². The van der Waals surface area contributed by atoms with Gasteiger partial charge in [-0.1, -0.05) is 13.0 Å². The fourth-order valence-corrected chi connectivity index (χ4v) is 2.11. The molecule has 0 fully saturated rings. The molecule has 0 amide bonds. The van der Waals surface area contributed by atoms with E-state index in [9.17, 15) is 0 Å². The molecular formula is C15H26N2O2. The molecule has 0 aliphatic rings. The molecule has 0 saturated heterocycles. The summed E-state index contributed by atoms with van der Waals surface area (Å²) in [5, 5.41) is 3.52. The number of rotatable bonds is 8. The summed E-state index contributed by atoms with van der Waals surface area (Å²) in [5.74, 6) is 1.70. The van der Waals surface area contributed by atoms with Crippen molar-refractivity contribution in [3.63, 3.8) is 0 Å². The molecule has 0 aromatic heterocycles. The Balaban J connectivity index is 2.93. The number of methoxy groups -OCH3 is 2. The van der Waals surface area contributed by atoms with Gasteiger partial charge < -0.3 is 19.7 Å². The van der Waals surface area contributed by atoms with Gasteiger partial charge in [0.1, 0.15) is 11.5 Å². The minimum absolute atomic E-state index is 0.299. The molecule has 0 heterocycles. The van der Waals surface area contributed by atoms with Crippen molar-refractivity contribution >= 4 is 0 Å². The van der Waals surface area contributed by atoms with Crippen LogP contribution in [0.5, 0.6) is 11.5 Å². The second kappa shape index (κ2) is 8.02. The van der Waals surface area contributed by atoms with Crippen LogP contribution in [0.3, 0.4) is 0 Å². The van der Waals surface area contributed by atoms with Crippen LogP contribution in [0.1, 0.15) is 24.9 Å². The maximum absolute atomic E-state index is 5.49. The van der Waals surface area contributed by atoms with Crippen molar-refractivity contribution in [2.75, 3.05) is 41.4 Å². The first-order chi connectivity index (χ1) is 9.12. The SMILES string of the molecule is CCNC(CCN(C)C)c1ccc(OC)cc1OC. The Bertz CT molecular complexity index is 380. The van der Waals surface area contributed by atoms with Crippen LogP contribution in [-0.4, -0.2) is 46.3 Å². The second-order valence-electron chi connectivity index (χ2n) is 4.81. The Morgan fingerprint density at radius 2 is 1.95 bits per heavy atom. The highest BCUT2D eigenvalue weighted by atomic mass is 16.5. The van der Waals surface area contributed by atoms with Gasteiger partial charge in [0.25, 0.3) is 0 Å². The number of ether oxygens (including phenoxy) is 2. The minimum atomic E-state index is 0.299. The van der Waals surface area contributed by atoms with Crippen molar-refractivity contribution in [3.8, 4) is 11.5 Å². The predicted molar refractivity (Wildman–Crippen MR) is 79.1 cm³/mol. The van der Waals surface area contributed by atoms with Gasteiger partial charge in [-0.05, 0) is 39.7 Å². The van der Waals surface area contributed by atoms with Gasteiger partial charge in [-0.3, -0.25) is 0 Å². The third-order valence-electron chi connectivity index (χ3n) is 3.13. The highest BCUT2D eigenvalue weighted by Crippen LogP contribution is 2.31. The maximum atomic E-state index is 5.49. The van der Waals surface area contributed by atoms with E-state index in [1.165, 1.54) is 5.56 Å². The first kappa shape index (κ1) is 15.8. The summed E-state index contributed by atoms with van der Waals surface area (Å²) in [6, 6.07) is 6.31. The zero-order valence-electron chi connectivity index (χ0n) is 12.7. The summed E-state index contributed by atoms with van der Waals surface area (Å²) in [5.41, 5.74) is 1.19. The molecule has 1 atom stereocenters. The summed E-state index contributed by atoms with van der Waals surface area (Å²) in [6.45, 7) is 4.10. The van der Waals surface area contributed by atoms with Crippen molar-refractivity contribution < 1.29 is 9.47 Å². The lowest BCUT2D eigenvalue weighted by Crippen LogP contribution is -2.26. The van der Waals surface area contributed by atoms with Gasteiger partial charge >= 0.3 is 0 Å². The van der Waals surface area contributed by atoms with Crippen LogP contribution in [0.2, 0.25) is 0 Å². The lowest BCUT2D eigenvalue weighted by Gasteiger charge is -2.22. The quantitative estimate of drug-likeness (QED) is 0.783. The molecule has 1 N–H and O–H groups in total. The molecule has 1 aromatic carbocycles. The van der Waals surface area contributed by atoms with E-state index in [0.29, 0.717) is 6.04 Å². The molecule has 0 saturated carbocycles. The highest BCUT2D eigenvalue weighted by molar-refractivity contribution is 5.42. The van der Waals surface area contributed by atoms with Crippen molar-refractivity contribution in [3.05, 3.63) is 23.8 Å². The normalized spacial score (nSPS) is 12.5. The van der Waals surface area contributed by atoms with Crippen LogP contribution < -0.4 is 14.8 Å². The first-order valence-electron chi connectivity index (χ1n) is 6.72. The van der Waals surface area contributed by atoms with Gasteiger partial charge in [-0.2, -0.15) is 0 Å². The molecule has 0 radical (unpaired) electrons. The fraction of sp³-hybridized carbons (Fsp3) is 0.600. The zero-order valence-corrected chi connectivity index (χ0v) is 12.7. The lowest BCUT2D eigenvalue weighted by molar-refractivity contribution is 0.350. The second-order valence-corrected chi connectivity index (χ2v) is 4.81. The summed E-state index contributed by atoms with van der Waals surface area (Å²) in [4.78, 5) is 2.19.